The Morgan fingerprint density at radius 3 is 1.47 bits per heavy atom. The molecule has 85 heavy (non-hydrogen) atoms. The highest BCUT2D eigenvalue weighted by Crippen LogP contribution is 2.43. The van der Waals surface area contributed by atoms with Crippen LogP contribution in [0.5, 0.6) is 23.0 Å². The van der Waals surface area contributed by atoms with Gasteiger partial charge in [-0.25, -0.2) is 9.97 Å². The second-order valence-corrected chi connectivity index (χ2v) is 22.8. The van der Waals surface area contributed by atoms with Crippen LogP contribution in [0.4, 0.5) is 0 Å². The Bertz CT molecular complexity index is 3890. The summed E-state index contributed by atoms with van der Waals surface area (Å²) in [7, 11) is 5.22. The van der Waals surface area contributed by atoms with E-state index in [4.69, 9.17) is 37.3 Å². The number of hydrogen-bond donors (Lipinski definition) is 3. The Morgan fingerprint density at radius 1 is 0.588 bits per heavy atom. The number of rotatable bonds is 14. The van der Waals surface area contributed by atoms with Crippen molar-refractivity contribution >= 4 is 34.0 Å². The first-order valence-electron chi connectivity index (χ1n) is 29.1. The molecular weight excluding hydrogens is 1080 g/mol. The van der Waals surface area contributed by atoms with Crippen molar-refractivity contribution in [1.82, 2.24) is 40.8 Å². The number of piperidine rings is 4. The van der Waals surface area contributed by atoms with Crippen molar-refractivity contribution in [3.63, 3.8) is 0 Å². The lowest BCUT2D eigenvalue weighted by molar-refractivity contribution is -0.000577. The number of nitrogens with zero attached hydrogens (tertiary/aromatic N) is 7. The maximum atomic E-state index is 13.1. The van der Waals surface area contributed by atoms with E-state index in [2.05, 4.69) is 60.0 Å². The van der Waals surface area contributed by atoms with Gasteiger partial charge in [-0.15, -0.1) is 0 Å². The van der Waals surface area contributed by atoms with Crippen molar-refractivity contribution in [3.05, 3.63) is 120 Å². The number of fused-ring (bicyclic) bond motifs is 6. The number of pyridine rings is 4. The molecule has 2 amide bonds. The summed E-state index contributed by atoms with van der Waals surface area (Å²) < 4.78 is 47.0. The number of ether oxygens (including phenoxy) is 6. The number of furan rings is 2. The van der Waals surface area contributed by atoms with Gasteiger partial charge in [0.25, 0.3) is 11.8 Å². The third kappa shape index (κ3) is 11.2. The van der Waals surface area contributed by atoms with Gasteiger partial charge in [-0.2, -0.15) is 10.5 Å². The predicted molar refractivity (Wildman–Crippen MR) is 313 cm³/mol. The molecule has 4 aliphatic heterocycles. The smallest absolute Gasteiger partial charge is 0.253 e. The van der Waals surface area contributed by atoms with Gasteiger partial charge in [0.15, 0.2) is 22.7 Å². The Labute approximate surface area is 490 Å². The molecule has 2 aromatic carbocycles. The van der Waals surface area contributed by atoms with Crippen LogP contribution >= 0.6 is 0 Å². The van der Waals surface area contributed by atoms with E-state index in [9.17, 15) is 20.1 Å². The van der Waals surface area contributed by atoms with Crippen LogP contribution in [0.1, 0.15) is 70.4 Å². The first-order chi connectivity index (χ1) is 41.6. The molecule has 20 nitrogen and oxygen atoms in total. The van der Waals surface area contributed by atoms with Gasteiger partial charge >= 0.3 is 0 Å². The Morgan fingerprint density at radius 2 is 1.04 bits per heavy atom. The molecule has 20 heteroatoms. The van der Waals surface area contributed by atoms with Crippen LogP contribution in [0, 0.1) is 46.3 Å². The van der Waals surface area contributed by atoms with Gasteiger partial charge in [-0.05, 0) is 116 Å². The molecule has 6 aliphatic rings. The minimum absolute atomic E-state index is 0.0341. The molecule has 4 saturated heterocycles. The van der Waals surface area contributed by atoms with Gasteiger partial charge in [-0.3, -0.25) is 19.6 Å². The summed E-state index contributed by atoms with van der Waals surface area (Å²) in [5.41, 5.74) is 8.33. The highest BCUT2D eigenvalue weighted by atomic mass is 16.5. The number of nitrogens with one attached hydrogen (secondary N) is 3. The average Bonchev–Trinajstić information content (AvgIpc) is 3.20. The van der Waals surface area contributed by atoms with Crippen LogP contribution in [0.15, 0.2) is 106 Å². The van der Waals surface area contributed by atoms with Crippen LogP contribution in [0.3, 0.4) is 0 Å². The average molecular weight is 1150 g/mol. The number of methoxy groups -OCH3 is 2. The van der Waals surface area contributed by atoms with E-state index in [1.165, 1.54) is 6.42 Å². The zero-order valence-electron chi connectivity index (χ0n) is 47.5. The van der Waals surface area contributed by atoms with Crippen molar-refractivity contribution in [2.75, 3.05) is 73.9 Å². The summed E-state index contributed by atoms with van der Waals surface area (Å²) in [4.78, 5) is 46.6. The summed E-state index contributed by atoms with van der Waals surface area (Å²) in [6.07, 6.45) is 12.1. The van der Waals surface area contributed by atoms with Gasteiger partial charge in [0.05, 0.1) is 62.9 Å². The molecule has 6 aromatic heterocycles. The van der Waals surface area contributed by atoms with Crippen molar-refractivity contribution in [2.24, 2.45) is 23.7 Å². The number of hydrogen-bond acceptors (Lipinski definition) is 18. The molecule has 2 aliphatic carbocycles. The summed E-state index contributed by atoms with van der Waals surface area (Å²) in [6, 6.07) is 26.8. The SMILES string of the molecule is COc1cc(C(=O)NC2C3CC2CN(C)C3)cnc1-c1cc2nccc(-c3ccc(OC4CCOCC4)c(C#N)c3)c2o1.COc1cc(C(=O)NC2C3CNCC2C3)cnc1-c1cc2nccc(-c3ccc(OC4CCOCC4)c(C#N)c3)c2o1. The topological polar surface area (TPSA) is 254 Å². The van der Waals surface area contributed by atoms with Crippen LogP contribution in [-0.2, 0) is 9.47 Å². The Hall–Kier alpha value is -8.92. The molecule has 14 rings (SSSR count). The van der Waals surface area contributed by atoms with E-state index in [0.717, 1.165) is 80.5 Å². The maximum absolute atomic E-state index is 13.1. The summed E-state index contributed by atoms with van der Waals surface area (Å²) in [5.74, 6) is 4.60. The number of amides is 2. The quantitative estimate of drug-likeness (QED) is 0.0918. The number of aromatic nitrogens is 4. The minimum Gasteiger partial charge on any atom is -0.494 e. The molecule has 2 saturated carbocycles. The first kappa shape index (κ1) is 55.3. The summed E-state index contributed by atoms with van der Waals surface area (Å²) in [6.45, 7) is 6.55. The molecule has 4 bridgehead atoms. The van der Waals surface area contributed by atoms with Crippen LogP contribution in [-0.4, -0.2) is 135 Å². The van der Waals surface area contributed by atoms with Crippen molar-refractivity contribution in [2.45, 2.75) is 62.8 Å². The monoisotopic (exact) mass is 1140 g/mol. The van der Waals surface area contributed by atoms with Crippen molar-refractivity contribution < 1.29 is 46.8 Å². The molecule has 0 radical (unpaired) electrons. The fraction of sp³-hybridized carbons (Fsp3) is 0.385. The van der Waals surface area contributed by atoms with Gasteiger partial charge in [0.1, 0.15) is 69.8 Å². The lowest BCUT2D eigenvalue weighted by Crippen LogP contribution is -2.63. The molecule has 0 spiro atoms. The summed E-state index contributed by atoms with van der Waals surface area (Å²) >= 11 is 0. The standard InChI is InChI=1S/C33H33N5O5.C32H31N5O5/c1-38-17-22-12-23(18-38)30(22)37-33(39)21-13-28(40-2)31(36-16-21)29-14-26-32(43-29)25(5-8-35-26)19-3-4-27(20(11-19)15-34)42-24-6-9-41-10-7-24;1-39-27-12-22(32(38)37-29-20-11-21(29)16-34-15-20)17-36-30(27)28-13-25-31(42-28)24(4-7-35-25)18-2-3-26(19(10-18)14-33)41-23-5-8-40-9-6-23/h3-5,8,11,13-14,16,22-24,30H,6-7,9-10,12,17-18H2,1-2H3,(H,37,39);2-4,7,10,12-13,17,20-21,23,29,34H,5-6,8-9,11,15-16H2,1H3,(H,37,38). The third-order valence-electron chi connectivity index (χ3n) is 17.4. The Kier molecular flexibility index (Phi) is 15.6. The maximum Gasteiger partial charge on any atom is 0.253 e. The molecule has 10 heterocycles. The number of nitriles is 2. The minimum atomic E-state index is -0.153. The fourth-order valence-electron chi connectivity index (χ4n) is 12.9. The predicted octanol–water partition coefficient (Wildman–Crippen LogP) is 9.01. The van der Waals surface area contributed by atoms with E-state index < -0.39 is 0 Å². The molecule has 8 aromatic rings. The zero-order valence-corrected chi connectivity index (χ0v) is 47.5. The molecule has 4 atom stereocenters. The van der Waals surface area contributed by atoms with E-state index in [0.29, 0.717) is 140 Å². The second-order valence-electron chi connectivity index (χ2n) is 22.8. The van der Waals surface area contributed by atoms with Crippen LogP contribution in [0.2, 0.25) is 0 Å². The molecule has 6 fully saturated rings. The Balaban J connectivity index is 0.000000158. The van der Waals surface area contributed by atoms with Crippen LogP contribution in [0.25, 0.3) is 67.4 Å². The largest absolute Gasteiger partial charge is 0.494 e. The molecule has 4 unspecified atom stereocenters. The van der Waals surface area contributed by atoms with Gasteiger partial charge in [0.2, 0.25) is 0 Å². The lowest BCUT2D eigenvalue weighted by Gasteiger charge is -2.52. The van der Waals surface area contributed by atoms with E-state index >= 15 is 0 Å². The van der Waals surface area contributed by atoms with E-state index in [-0.39, 0.29) is 36.1 Å². The normalized spacial score (nSPS) is 21.9. The first-order valence-corrected chi connectivity index (χ1v) is 29.1. The number of carbonyl (C=O) groups is 2. The highest BCUT2D eigenvalue weighted by molar-refractivity contribution is 5.97. The number of benzene rings is 2. The van der Waals surface area contributed by atoms with Gasteiger partial charge in [-0.1, -0.05) is 12.1 Å². The summed E-state index contributed by atoms with van der Waals surface area (Å²) in [5, 5.41) is 29.5. The van der Waals surface area contributed by atoms with Gasteiger partial charge < -0.3 is 58.1 Å². The molecule has 3 N–H and O–H groups in total. The van der Waals surface area contributed by atoms with Crippen molar-refractivity contribution in [1.29, 1.82) is 10.5 Å². The lowest BCUT2D eigenvalue weighted by atomic mass is 9.66. The number of likely N-dealkylation sites (tertiary alicyclic amines) is 1. The molecular formula is C65H64N10O10. The van der Waals surface area contributed by atoms with Crippen LogP contribution < -0.4 is 34.9 Å². The molecule has 434 valence electrons. The van der Waals surface area contributed by atoms with E-state index in [1.807, 2.05) is 54.6 Å². The van der Waals surface area contributed by atoms with Crippen molar-refractivity contribution in [3.8, 4) is 80.3 Å². The zero-order chi connectivity index (χ0) is 58.1. The third-order valence-corrected chi connectivity index (χ3v) is 17.4. The van der Waals surface area contributed by atoms with Gasteiger partial charge in [0, 0.05) is 98.9 Å². The number of carbonyl (C=O) groups excluding carboxylic acids is 2. The van der Waals surface area contributed by atoms with E-state index in [1.54, 1.807) is 57.2 Å². The highest BCUT2D eigenvalue weighted by Gasteiger charge is 2.47. The second kappa shape index (κ2) is 24.0. The fourth-order valence-corrected chi connectivity index (χ4v) is 12.9.